The van der Waals surface area contributed by atoms with Crippen LogP contribution in [0, 0.1) is 33.2 Å². The second-order valence-electron chi connectivity index (χ2n) is 25.3. The van der Waals surface area contributed by atoms with Crippen LogP contribution in [0.5, 0.6) is 0 Å². The standard InChI is InChI=1S/C43H47NO4.C35H39NO2.C4H5ClO.CH4.N6.HN3/c1-30(2)41(45)47-27-11-9-25-43(26-10-12-28-48-42(46)31(3)4)39-14-8-7-13-37(39)38-24-23-36(29-40(38)43)44(34-19-15-32(5)16-20-34)35-21-17-33(6)18-22-35;1-26-11-15-28(16-12-26)36(29-17-13-27(2)14-18-29)30-19-20-32-31-9-3-4-10-33(31)35(34(32)25-30,21-5-7-23-37)22-6-8-24-38;1-3(2)4(5)6;;1-3-5-6-4-2;1-3-2/h7-8,13-24,29H,1,3,9-12,25-28H2,2,4-6H3;3-4,9-20,25,37-38H,5-8,21-24H2,1-2H3;1H2,2H3;1H4;;1H. The maximum atomic E-state index is 12.1. The Morgan fingerprint density at radius 2 is 0.706 bits per heavy atom. The molecule has 18 nitrogen and oxygen atoms in total. The predicted molar refractivity (Wildman–Crippen MR) is 415 cm³/mol. The number of halogens is 1. The SMILES string of the molecule is C.C=C(C)C(=O)Cl.C=C(C)C(=O)OCCCCC1(CCCCOC(=O)C(=C)C)c2ccccc2-c2ccc(N(c3ccc(C)cc3)c3ccc(C)cc3)cc21.Cc1ccc(N(c2ccc(C)cc2)c2ccc3c(c2)C(CCCCO)(CCCCO)c2ccccc2-3)cc1.[N-]=[N+]=N.[N-]=[N+]=NN=[N+]=[N-]. The summed E-state index contributed by atoms with van der Waals surface area (Å²) < 4.78 is 10.9. The Labute approximate surface area is 606 Å². The monoisotopic (exact) mass is 1390 g/mol. The normalized spacial score (nSPS) is 11.6. The molecule has 10 rings (SSSR count). The zero-order valence-corrected chi connectivity index (χ0v) is 59.8. The third kappa shape index (κ3) is 21.9. The molecule has 0 saturated heterocycles. The van der Waals surface area contributed by atoms with Crippen molar-refractivity contribution >= 4 is 62.9 Å². The van der Waals surface area contributed by atoms with Crippen LogP contribution in [0.15, 0.2) is 229 Å². The van der Waals surface area contributed by atoms with Crippen molar-refractivity contribution < 1.29 is 34.1 Å². The fraction of sp³-hybridized carbons (Fsp3) is 0.313. The third-order valence-electron chi connectivity index (χ3n) is 17.8. The highest BCUT2D eigenvalue weighted by molar-refractivity contribution is 6.67. The van der Waals surface area contributed by atoms with Crippen LogP contribution in [0.4, 0.5) is 34.1 Å². The van der Waals surface area contributed by atoms with Gasteiger partial charge in [-0.1, -0.05) is 164 Å². The number of unbranched alkanes of at least 4 members (excludes halogenated alkanes) is 4. The quantitative estimate of drug-likeness (QED) is 0.00614. The van der Waals surface area contributed by atoms with Gasteiger partial charge in [-0.15, -0.1) is 11.1 Å². The largest absolute Gasteiger partial charge is 0.462 e. The van der Waals surface area contributed by atoms with Crippen LogP contribution in [0.2, 0.25) is 0 Å². The number of esters is 2. The minimum atomic E-state index is -0.463. The number of anilines is 6. The molecule has 532 valence electrons. The molecule has 0 saturated carbocycles. The Morgan fingerprint density at radius 1 is 0.441 bits per heavy atom. The summed E-state index contributed by atoms with van der Waals surface area (Å²) >= 11 is 4.87. The molecule has 19 heteroatoms. The van der Waals surface area contributed by atoms with Crippen molar-refractivity contribution in [2.24, 2.45) is 10.4 Å². The molecule has 2 aliphatic rings. The first-order valence-corrected chi connectivity index (χ1v) is 34.2. The van der Waals surface area contributed by atoms with Crippen molar-refractivity contribution in [1.82, 2.24) is 0 Å². The van der Waals surface area contributed by atoms with Gasteiger partial charge in [-0.25, -0.2) is 9.59 Å². The Kier molecular flexibility index (Phi) is 33.1. The van der Waals surface area contributed by atoms with E-state index in [1.54, 1.807) is 25.7 Å². The summed E-state index contributed by atoms with van der Waals surface area (Å²) in [6, 6.07) is 66.3. The van der Waals surface area contributed by atoms with Crippen LogP contribution in [0.3, 0.4) is 0 Å². The van der Waals surface area contributed by atoms with Crippen LogP contribution in [0.1, 0.15) is 150 Å². The van der Waals surface area contributed by atoms with E-state index in [2.05, 4.69) is 259 Å². The molecule has 0 radical (unpaired) electrons. The summed E-state index contributed by atoms with van der Waals surface area (Å²) in [5, 5.41) is 23.7. The number of carbonyl (C=O) groups excluding carboxylic acids is 3. The Hall–Kier alpha value is -10.7. The summed E-state index contributed by atoms with van der Waals surface area (Å²) in [5.74, 6) is -0.690. The average Bonchev–Trinajstić information content (AvgIpc) is 1.57. The summed E-state index contributed by atoms with van der Waals surface area (Å²) in [7, 11) is 0. The van der Waals surface area contributed by atoms with Gasteiger partial charge in [0.15, 0.2) is 0 Å². The van der Waals surface area contributed by atoms with Crippen LogP contribution < -0.4 is 9.80 Å². The van der Waals surface area contributed by atoms with E-state index in [1.165, 1.54) is 66.8 Å². The van der Waals surface area contributed by atoms with Gasteiger partial charge in [-0.3, -0.25) is 4.79 Å². The Morgan fingerprint density at radius 3 is 0.971 bits per heavy atom. The van der Waals surface area contributed by atoms with Crippen LogP contribution in [-0.4, -0.2) is 53.8 Å². The van der Waals surface area contributed by atoms with Gasteiger partial charge in [-0.05, 0) is 265 Å². The molecule has 0 fully saturated rings. The number of hydrogen-bond donors (Lipinski definition) is 3. The van der Waals surface area contributed by atoms with Gasteiger partial charge in [0, 0.05) is 79.8 Å². The highest BCUT2D eigenvalue weighted by Crippen LogP contribution is 2.57. The zero-order valence-electron chi connectivity index (χ0n) is 59.0. The maximum Gasteiger partial charge on any atom is 0.333 e. The maximum absolute atomic E-state index is 12.1. The predicted octanol–water partition coefficient (Wildman–Crippen LogP) is 23.3. The minimum Gasteiger partial charge on any atom is -0.462 e. The number of fused-ring (bicyclic) bond motifs is 6. The van der Waals surface area contributed by atoms with E-state index in [9.17, 15) is 24.6 Å². The Balaban J connectivity index is 0.000000308. The van der Waals surface area contributed by atoms with Crippen molar-refractivity contribution in [3.8, 4) is 22.3 Å². The number of allylic oxidation sites excluding steroid dienone is 1. The molecular formula is C83H96ClN11O7. The lowest BCUT2D eigenvalue weighted by molar-refractivity contribution is -0.139. The van der Waals surface area contributed by atoms with E-state index in [-0.39, 0.29) is 43.4 Å². The van der Waals surface area contributed by atoms with Crippen molar-refractivity contribution in [1.29, 1.82) is 5.53 Å². The van der Waals surface area contributed by atoms with Crippen molar-refractivity contribution in [2.75, 3.05) is 36.2 Å². The summed E-state index contributed by atoms with van der Waals surface area (Å²) in [5.41, 5.74) is 50.1. The van der Waals surface area contributed by atoms with Crippen molar-refractivity contribution in [2.45, 2.75) is 144 Å². The molecule has 8 aromatic carbocycles. The molecule has 102 heavy (non-hydrogen) atoms. The van der Waals surface area contributed by atoms with E-state index in [4.69, 9.17) is 43.2 Å². The average molecular weight is 1400 g/mol. The number of nitrogens with one attached hydrogen (secondary N) is 1. The molecule has 0 heterocycles. The number of benzene rings is 8. The summed E-state index contributed by atoms with van der Waals surface area (Å²) in [6.45, 7) is 25.2. The van der Waals surface area contributed by atoms with Gasteiger partial charge in [0.1, 0.15) is 0 Å². The topological polar surface area (TPSA) is 274 Å². The van der Waals surface area contributed by atoms with Crippen molar-refractivity contribution in [3.63, 3.8) is 0 Å². The fourth-order valence-corrected chi connectivity index (χ4v) is 12.9. The zero-order chi connectivity index (χ0) is 73.5. The molecule has 8 aromatic rings. The Bertz CT molecular complexity index is 4110. The molecule has 2 aliphatic carbocycles. The van der Waals surface area contributed by atoms with Gasteiger partial charge in [-0.2, -0.15) is 4.91 Å². The first-order chi connectivity index (χ1) is 48.6. The van der Waals surface area contributed by atoms with E-state index < -0.39 is 5.24 Å². The number of nitrogens with zero attached hydrogens (tertiary/aromatic N) is 10. The molecule has 0 unspecified atom stereocenters. The molecule has 0 spiro atoms. The number of ether oxygens (including phenoxy) is 2. The molecule has 0 aliphatic heterocycles. The van der Waals surface area contributed by atoms with Crippen LogP contribution in [-0.2, 0) is 34.7 Å². The van der Waals surface area contributed by atoms with E-state index in [0.29, 0.717) is 29.9 Å². The molecule has 0 atom stereocenters. The van der Waals surface area contributed by atoms with Gasteiger partial charge in [0.25, 0.3) is 5.22 Å². The van der Waals surface area contributed by atoms with E-state index in [0.717, 1.165) is 111 Å². The number of rotatable bonds is 28. The number of hydrogen-bond acceptors (Lipinski definition) is 10. The highest BCUT2D eigenvalue weighted by atomic mass is 35.5. The number of aryl methyl sites for hydroxylation is 4. The van der Waals surface area contributed by atoms with E-state index in [1.807, 2.05) is 0 Å². The molecule has 0 amide bonds. The third-order valence-corrected chi connectivity index (χ3v) is 18.1. The van der Waals surface area contributed by atoms with Crippen molar-refractivity contribution in [3.05, 3.63) is 294 Å². The molecule has 0 bridgehead atoms. The second-order valence-corrected chi connectivity index (χ2v) is 25.7. The number of aliphatic hydroxyl groups excluding tert-OH is 2. The number of carbonyl (C=O) groups is 3. The molecule has 3 N–H and O–H groups in total. The van der Waals surface area contributed by atoms with Gasteiger partial charge < -0.3 is 29.5 Å². The van der Waals surface area contributed by atoms with Crippen LogP contribution >= 0.6 is 11.6 Å². The first kappa shape index (κ1) is 82.0. The lowest BCUT2D eigenvalue weighted by atomic mass is 9.70. The number of aliphatic hydroxyl groups is 2. The smallest absolute Gasteiger partial charge is 0.333 e. The lowest BCUT2D eigenvalue weighted by Crippen LogP contribution is -2.26. The highest BCUT2D eigenvalue weighted by Gasteiger charge is 2.44. The lowest BCUT2D eigenvalue weighted by Gasteiger charge is -2.34. The first-order valence-electron chi connectivity index (χ1n) is 33.8. The molecule has 0 aromatic heterocycles. The minimum absolute atomic E-state index is 0. The summed E-state index contributed by atoms with van der Waals surface area (Å²) in [6.07, 6.45) is 10.6. The van der Waals surface area contributed by atoms with Gasteiger partial charge in [0.05, 0.1) is 18.4 Å². The van der Waals surface area contributed by atoms with Gasteiger partial charge in [0.2, 0.25) is 5.24 Å². The molecular weight excluding hydrogens is 1300 g/mol. The fourth-order valence-electron chi connectivity index (χ4n) is 12.9. The number of azide groups is 2. The van der Waals surface area contributed by atoms with Gasteiger partial charge >= 0.3 is 11.9 Å². The van der Waals surface area contributed by atoms with E-state index >= 15 is 0 Å². The van der Waals surface area contributed by atoms with Crippen LogP contribution in [0.25, 0.3) is 53.6 Å². The second kappa shape index (κ2) is 41.2. The summed E-state index contributed by atoms with van der Waals surface area (Å²) in [4.78, 5) is 44.6.